The first-order chi connectivity index (χ1) is 10.5. The molecule has 1 aliphatic rings. The van der Waals surface area contributed by atoms with E-state index in [0.717, 1.165) is 5.56 Å². The van der Waals surface area contributed by atoms with Crippen molar-refractivity contribution in [1.82, 2.24) is 5.01 Å². The van der Waals surface area contributed by atoms with E-state index < -0.39 is 0 Å². The lowest BCUT2D eigenvalue weighted by Gasteiger charge is -2.20. The summed E-state index contributed by atoms with van der Waals surface area (Å²) >= 11 is 0. The van der Waals surface area contributed by atoms with Crippen LogP contribution in [0.4, 0.5) is 8.78 Å². The van der Waals surface area contributed by atoms with Gasteiger partial charge in [0.05, 0.1) is 11.8 Å². The second kappa shape index (κ2) is 5.67. The van der Waals surface area contributed by atoms with E-state index in [9.17, 15) is 13.6 Å². The van der Waals surface area contributed by atoms with Crippen LogP contribution in [-0.2, 0) is 4.79 Å². The Bertz CT molecular complexity index is 741. The van der Waals surface area contributed by atoms with Crippen molar-refractivity contribution < 1.29 is 13.6 Å². The first-order valence-corrected chi connectivity index (χ1v) is 6.93. The Kier molecular flexibility index (Phi) is 3.71. The molecule has 1 atom stereocenters. The normalized spacial score (nSPS) is 17.5. The molecule has 1 heterocycles. The molecule has 3 rings (SSSR count). The third kappa shape index (κ3) is 2.74. The number of hydrazone groups is 1. The van der Waals surface area contributed by atoms with E-state index in [1.54, 1.807) is 24.3 Å². The van der Waals surface area contributed by atoms with Gasteiger partial charge in [0.1, 0.15) is 11.6 Å². The minimum Gasteiger partial charge on any atom is -0.273 e. The standard InChI is InChI=1S/C17H14F2N2O/c1-11(22)21-17(13-3-2-4-15(19)9-13)10-16(20-21)12-5-7-14(18)8-6-12/h2-9,17H,10H2,1H3. The Balaban J connectivity index is 1.94. The summed E-state index contributed by atoms with van der Waals surface area (Å²) in [5, 5.41) is 5.69. The molecule has 0 aliphatic carbocycles. The van der Waals surface area contributed by atoms with Gasteiger partial charge in [-0.2, -0.15) is 5.10 Å². The van der Waals surface area contributed by atoms with E-state index >= 15 is 0 Å². The summed E-state index contributed by atoms with van der Waals surface area (Å²) in [5.74, 6) is -0.893. The van der Waals surface area contributed by atoms with Gasteiger partial charge < -0.3 is 0 Å². The summed E-state index contributed by atoms with van der Waals surface area (Å²) in [7, 11) is 0. The third-order valence-electron chi connectivity index (χ3n) is 3.64. The maximum absolute atomic E-state index is 13.4. The van der Waals surface area contributed by atoms with Gasteiger partial charge in [0.25, 0.3) is 0 Å². The summed E-state index contributed by atoms with van der Waals surface area (Å²) in [5.41, 5.74) is 2.13. The molecule has 0 fully saturated rings. The largest absolute Gasteiger partial charge is 0.273 e. The topological polar surface area (TPSA) is 32.7 Å². The highest BCUT2D eigenvalue weighted by atomic mass is 19.1. The van der Waals surface area contributed by atoms with Crippen molar-refractivity contribution in [1.29, 1.82) is 0 Å². The van der Waals surface area contributed by atoms with Crippen molar-refractivity contribution in [2.75, 3.05) is 0 Å². The Morgan fingerprint density at radius 2 is 1.86 bits per heavy atom. The quantitative estimate of drug-likeness (QED) is 0.833. The Morgan fingerprint density at radius 3 is 2.50 bits per heavy atom. The molecule has 3 nitrogen and oxygen atoms in total. The van der Waals surface area contributed by atoms with Gasteiger partial charge in [-0.15, -0.1) is 0 Å². The maximum atomic E-state index is 13.4. The molecule has 22 heavy (non-hydrogen) atoms. The van der Waals surface area contributed by atoms with Crippen molar-refractivity contribution in [2.45, 2.75) is 19.4 Å². The van der Waals surface area contributed by atoms with Crippen molar-refractivity contribution in [3.63, 3.8) is 0 Å². The van der Waals surface area contributed by atoms with Crippen LogP contribution in [-0.4, -0.2) is 16.6 Å². The number of carbonyl (C=O) groups is 1. The highest BCUT2D eigenvalue weighted by Crippen LogP contribution is 2.32. The summed E-state index contributed by atoms with van der Waals surface area (Å²) in [6.07, 6.45) is 0.467. The van der Waals surface area contributed by atoms with Gasteiger partial charge in [-0.05, 0) is 35.4 Å². The van der Waals surface area contributed by atoms with Gasteiger partial charge in [0, 0.05) is 13.3 Å². The highest BCUT2D eigenvalue weighted by molar-refractivity contribution is 6.03. The average Bonchev–Trinajstić information content (AvgIpc) is 2.93. The number of rotatable bonds is 2. The summed E-state index contributed by atoms with van der Waals surface area (Å²) in [6, 6.07) is 11.8. The van der Waals surface area contributed by atoms with Crippen LogP contribution in [0.15, 0.2) is 53.6 Å². The zero-order valence-corrected chi connectivity index (χ0v) is 12.0. The molecule has 0 aromatic heterocycles. The van der Waals surface area contributed by atoms with Gasteiger partial charge in [0.15, 0.2) is 0 Å². The molecule has 112 valence electrons. The fraction of sp³-hybridized carbons (Fsp3) is 0.176. The number of benzene rings is 2. The van der Waals surface area contributed by atoms with E-state index in [1.807, 2.05) is 0 Å². The van der Waals surface area contributed by atoms with Crippen LogP contribution < -0.4 is 0 Å². The van der Waals surface area contributed by atoms with Crippen LogP contribution in [0.5, 0.6) is 0 Å². The second-order valence-electron chi connectivity index (χ2n) is 5.19. The molecule has 1 amide bonds. The number of halogens is 2. The monoisotopic (exact) mass is 300 g/mol. The average molecular weight is 300 g/mol. The van der Waals surface area contributed by atoms with Crippen molar-refractivity contribution in [3.05, 3.63) is 71.3 Å². The smallest absolute Gasteiger partial charge is 0.240 e. The molecule has 1 unspecified atom stereocenters. The van der Waals surface area contributed by atoms with Crippen LogP contribution in [0.25, 0.3) is 0 Å². The summed E-state index contributed by atoms with van der Waals surface area (Å²) in [6.45, 7) is 1.42. The van der Waals surface area contributed by atoms with Crippen LogP contribution >= 0.6 is 0 Å². The van der Waals surface area contributed by atoms with E-state index in [2.05, 4.69) is 5.10 Å². The van der Waals surface area contributed by atoms with Crippen LogP contribution in [0, 0.1) is 11.6 Å². The number of hydrogen-bond acceptors (Lipinski definition) is 2. The Labute approximate surface area is 126 Å². The fourth-order valence-corrected chi connectivity index (χ4v) is 2.59. The minimum atomic E-state index is -0.351. The van der Waals surface area contributed by atoms with Crippen molar-refractivity contribution >= 4 is 11.6 Å². The minimum absolute atomic E-state index is 0.216. The molecule has 2 aromatic carbocycles. The van der Waals surface area contributed by atoms with Crippen molar-refractivity contribution in [2.24, 2.45) is 5.10 Å². The zero-order valence-electron chi connectivity index (χ0n) is 12.0. The Morgan fingerprint density at radius 1 is 1.14 bits per heavy atom. The van der Waals surface area contributed by atoms with E-state index in [1.165, 1.54) is 36.2 Å². The van der Waals surface area contributed by atoms with E-state index in [-0.39, 0.29) is 23.6 Å². The summed E-state index contributed by atoms with van der Waals surface area (Å²) in [4.78, 5) is 11.8. The van der Waals surface area contributed by atoms with Crippen LogP contribution in [0.3, 0.4) is 0 Å². The lowest BCUT2D eigenvalue weighted by Crippen LogP contribution is -2.24. The Hall–Kier alpha value is -2.56. The lowest BCUT2D eigenvalue weighted by atomic mass is 9.98. The number of amides is 1. The highest BCUT2D eigenvalue weighted by Gasteiger charge is 2.31. The lowest BCUT2D eigenvalue weighted by molar-refractivity contribution is -0.130. The number of hydrogen-bond donors (Lipinski definition) is 0. The maximum Gasteiger partial charge on any atom is 0.240 e. The second-order valence-corrected chi connectivity index (χ2v) is 5.19. The molecule has 2 aromatic rings. The predicted octanol–water partition coefficient (Wildman–Crippen LogP) is 3.66. The molecule has 0 saturated carbocycles. The first kappa shape index (κ1) is 14.4. The molecule has 1 aliphatic heterocycles. The number of carbonyl (C=O) groups excluding carboxylic acids is 1. The molecule has 0 radical (unpaired) electrons. The van der Waals surface area contributed by atoms with Gasteiger partial charge in [-0.3, -0.25) is 4.79 Å². The van der Waals surface area contributed by atoms with Crippen LogP contribution in [0.2, 0.25) is 0 Å². The van der Waals surface area contributed by atoms with Crippen molar-refractivity contribution in [3.8, 4) is 0 Å². The van der Waals surface area contributed by atoms with Gasteiger partial charge in [-0.25, -0.2) is 13.8 Å². The van der Waals surface area contributed by atoms with E-state index in [0.29, 0.717) is 17.7 Å². The fourth-order valence-electron chi connectivity index (χ4n) is 2.59. The first-order valence-electron chi connectivity index (χ1n) is 6.93. The molecule has 0 spiro atoms. The van der Waals surface area contributed by atoms with Gasteiger partial charge >= 0.3 is 0 Å². The zero-order chi connectivity index (χ0) is 15.7. The molecular weight excluding hydrogens is 286 g/mol. The molecule has 5 heteroatoms. The molecule has 0 N–H and O–H groups in total. The molecular formula is C17H14F2N2O. The predicted molar refractivity (Wildman–Crippen MR) is 79.2 cm³/mol. The third-order valence-corrected chi connectivity index (χ3v) is 3.64. The van der Waals surface area contributed by atoms with Gasteiger partial charge in [0.2, 0.25) is 5.91 Å². The number of nitrogens with zero attached hydrogens (tertiary/aromatic N) is 2. The summed E-state index contributed by atoms with van der Waals surface area (Å²) < 4.78 is 26.4. The van der Waals surface area contributed by atoms with Gasteiger partial charge in [-0.1, -0.05) is 24.3 Å². The van der Waals surface area contributed by atoms with Crippen LogP contribution in [0.1, 0.15) is 30.5 Å². The SMILES string of the molecule is CC(=O)N1N=C(c2ccc(F)cc2)CC1c1cccc(F)c1. The van der Waals surface area contributed by atoms with E-state index in [4.69, 9.17) is 0 Å². The molecule has 0 bridgehead atoms. The molecule has 0 saturated heterocycles.